The Balaban J connectivity index is 1.75. The number of rotatable bonds is 6. The van der Waals surface area contributed by atoms with Crippen LogP contribution in [0.25, 0.3) is 0 Å². The quantitative estimate of drug-likeness (QED) is 0.796. The summed E-state index contributed by atoms with van der Waals surface area (Å²) in [6.45, 7) is -0.365. The molecular weight excluding hydrogens is 337 g/mol. The molecule has 6 heteroatoms. The molecule has 0 aromatic heterocycles. The standard InChI is InChI=1S/C17H15Cl2NO3/c18-13-7-8-14(19)15(10-13)20-16(21)11-23-17(22)9-6-12-4-2-1-3-5-12/h1-5,7-8,10H,6,9,11H2,(H,20,21). The SMILES string of the molecule is O=C(COC(=O)CCc1ccccc1)Nc1cc(Cl)ccc1Cl. The van der Waals surface area contributed by atoms with E-state index < -0.39 is 11.9 Å². The second-order valence-corrected chi connectivity index (χ2v) is 5.66. The summed E-state index contributed by atoms with van der Waals surface area (Å²) in [5.74, 6) is -0.900. The molecule has 0 radical (unpaired) electrons. The number of aryl methyl sites for hydroxylation is 1. The van der Waals surface area contributed by atoms with Crippen LogP contribution < -0.4 is 5.32 Å². The molecule has 0 bridgehead atoms. The lowest BCUT2D eigenvalue weighted by Gasteiger charge is -2.08. The molecule has 23 heavy (non-hydrogen) atoms. The summed E-state index contributed by atoms with van der Waals surface area (Å²) in [4.78, 5) is 23.4. The lowest BCUT2D eigenvalue weighted by molar-refractivity contribution is -0.147. The molecule has 0 spiro atoms. The Kier molecular flexibility index (Phi) is 6.44. The molecule has 0 heterocycles. The number of carbonyl (C=O) groups is 2. The molecule has 2 aromatic carbocycles. The van der Waals surface area contributed by atoms with Crippen molar-refractivity contribution >= 4 is 40.8 Å². The Bertz CT molecular complexity index is 689. The molecule has 0 aliphatic carbocycles. The number of nitrogens with one attached hydrogen (secondary N) is 1. The van der Waals surface area contributed by atoms with E-state index in [0.29, 0.717) is 22.2 Å². The third-order valence-corrected chi connectivity index (χ3v) is 3.59. The monoisotopic (exact) mass is 351 g/mol. The van der Waals surface area contributed by atoms with Crippen molar-refractivity contribution in [2.75, 3.05) is 11.9 Å². The van der Waals surface area contributed by atoms with Gasteiger partial charge >= 0.3 is 5.97 Å². The molecule has 0 unspecified atom stereocenters. The lowest BCUT2D eigenvalue weighted by atomic mass is 10.1. The van der Waals surface area contributed by atoms with Gasteiger partial charge in [-0.15, -0.1) is 0 Å². The molecule has 120 valence electrons. The van der Waals surface area contributed by atoms with E-state index in [-0.39, 0.29) is 13.0 Å². The number of anilines is 1. The highest BCUT2D eigenvalue weighted by molar-refractivity contribution is 6.35. The zero-order valence-corrected chi connectivity index (χ0v) is 13.7. The van der Waals surface area contributed by atoms with E-state index >= 15 is 0 Å². The number of hydrogen-bond donors (Lipinski definition) is 1. The first-order chi connectivity index (χ1) is 11.0. The fraction of sp³-hybridized carbons (Fsp3) is 0.176. The van der Waals surface area contributed by atoms with Crippen molar-refractivity contribution in [1.29, 1.82) is 0 Å². The number of esters is 1. The van der Waals surface area contributed by atoms with Crippen molar-refractivity contribution in [3.8, 4) is 0 Å². The predicted octanol–water partition coefficient (Wildman–Crippen LogP) is 4.11. The van der Waals surface area contributed by atoms with Crippen LogP contribution in [-0.2, 0) is 20.7 Å². The fourth-order valence-corrected chi connectivity index (χ4v) is 2.23. The molecule has 0 fully saturated rings. The van der Waals surface area contributed by atoms with E-state index in [1.54, 1.807) is 12.1 Å². The highest BCUT2D eigenvalue weighted by Gasteiger charge is 2.10. The van der Waals surface area contributed by atoms with E-state index in [9.17, 15) is 9.59 Å². The highest BCUT2D eigenvalue weighted by Crippen LogP contribution is 2.25. The van der Waals surface area contributed by atoms with Gasteiger partial charge in [-0.3, -0.25) is 9.59 Å². The van der Waals surface area contributed by atoms with E-state index in [1.165, 1.54) is 6.07 Å². The summed E-state index contributed by atoms with van der Waals surface area (Å²) < 4.78 is 4.94. The Labute approximate surface area is 144 Å². The van der Waals surface area contributed by atoms with Crippen molar-refractivity contribution in [2.45, 2.75) is 12.8 Å². The molecule has 1 amide bonds. The van der Waals surface area contributed by atoms with Gasteiger partial charge in [-0.05, 0) is 30.2 Å². The van der Waals surface area contributed by atoms with Gasteiger partial charge in [0, 0.05) is 11.4 Å². The van der Waals surface area contributed by atoms with Gasteiger partial charge in [-0.2, -0.15) is 0 Å². The maximum absolute atomic E-state index is 11.8. The molecule has 2 aromatic rings. The second-order valence-electron chi connectivity index (χ2n) is 4.82. The topological polar surface area (TPSA) is 55.4 Å². The van der Waals surface area contributed by atoms with E-state index in [4.69, 9.17) is 27.9 Å². The average molecular weight is 352 g/mol. The minimum atomic E-state index is -0.470. The third kappa shape index (κ3) is 5.93. The number of amides is 1. The molecular formula is C17H15Cl2NO3. The van der Waals surface area contributed by atoms with Gasteiger partial charge in [0.15, 0.2) is 6.61 Å². The minimum Gasteiger partial charge on any atom is -0.456 e. The maximum atomic E-state index is 11.8. The number of halogens is 2. The van der Waals surface area contributed by atoms with Gasteiger partial charge in [-0.1, -0.05) is 53.5 Å². The summed E-state index contributed by atoms with van der Waals surface area (Å²) in [5, 5.41) is 3.36. The zero-order valence-electron chi connectivity index (χ0n) is 12.2. The molecule has 0 saturated heterocycles. The Hall–Kier alpha value is -2.04. The summed E-state index contributed by atoms with van der Waals surface area (Å²) in [7, 11) is 0. The smallest absolute Gasteiger partial charge is 0.306 e. The summed E-state index contributed by atoms with van der Waals surface area (Å²) >= 11 is 11.8. The van der Waals surface area contributed by atoms with Crippen molar-refractivity contribution in [1.82, 2.24) is 0 Å². The Morgan fingerprint density at radius 2 is 1.78 bits per heavy atom. The van der Waals surface area contributed by atoms with E-state index in [1.807, 2.05) is 30.3 Å². The van der Waals surface area contributed by atoms with Crippen molar-refractivity contribution in [3.05, 3.63) is 64.1 Å². The summed E-state index contributed by atoms with van der Waals surface area (Å²) in [6.07, 6.45) is 0.788. The van der Waals surface area contributed by atoms with Gasteiger partial charge < -0.3 is 10.1 Å². The normalized spacial score (nSPS) is 10.2. The molecule has 4 nitrogen and oxygen atoms in total. The predicted molar refractivity (Wildman–Crippen MR) is 90.8 cm³/mol. The second kappa shape index (κ2) is 8.56. The van der Waals surface area contributed by atoms with Crippen LogP contribution in [0, 0.1) is 0 Å². The maximum Gasteiger partial charge on any atom is 0.306 e. The highest BCUT2D eigenvalue weighted by atomic mass is 35.5. The number of ether oxygens (including phenoxy) is 1. The molecule has 0 atom stereocenters. The molecule has 0 aliphatic heterocycles. The van der Waals surface area contributed by atoms with Crippen LogP contribution in [0.15, 0.2) is 48.5 Å². The van der Waals surface area contributed by atoms with E-state index in [0.717, 1.165) is 5.56 Å². The first kappa shape index (κ1) is 17.3. The van der Waals surface area contributed by atoms with Gasteiger partial charge in [0.1, 0.15) is 0 Å². The Morgan fingerprint density at radius 1 is 1.04 bits per heavy atom. The van der Waals surface area contributed by atoms with Crippen LogP contribution in [0.3, 0.4) is 0 Å². The van der Waals surface area contributed by atoms with Crippen LogP contribution in [-0.4, -0.2) is 18.5 Å². The minimum absolute atomic E-state index is 0.217. The van der Waals surface area contributed by atoms with Gasteiger partial charge in [0.2, 0.25) is 0 Å². The number of benzene rings is 2. The van der Waals surface area contributed by atoms with Gasteiger partial charge in [-0.25, -0.2) is 0 Å². The summed E-state index contributed by atoms with van der Waals surface area (Å²) in [5.41, 5.74) is 1.42. The molecule has 0 aliphatic rings. The van der Waals surface area contributed by atoms with E-state index in [2.05, 4.69) is 5.32 Å². The Morgan fingerprint density at radius 3 is 2.52 bits per heavy atom. The largest absolute Gasteiger partial charge is 0.456 e. The molecule has 0 saturated carbocycles. The van der Waals surface area contributed by atoms with Crippen LogP contribution in [0.1, 0.15) is 12.0 Å². The summed E-state index contributed by atoms with van der Waals surface area (Å²) in [6, 6.07) is 14.3. The fourth-order valence-electron chi connectivity index (χ4n) is 1.89. The zero-order chi connectivity index (χ0) is 16.7. The molecule has 1 N–H and O–H groups in total. The van der Waals surface area contributed by atoms with Crippen molar-refractivity contribution in [2.24, 2.45) is 0 Å². The first-order valence-corrected chi connectivity index (χ1v) is 7.74. The van der Waals surface area contributed by atoms with Crippen molar-refractivity contribution in [3.63, 3.8) is 0 Å². The van der Waals surface area contributed by atoms with Gasteiger partial charge in [0.05, 0.1) is 10.7 Å². The first-order valence-electron chi connectivity index (χ1n) is 6.99. The lowest BCUT2D eigenvalue weighted by Crippen LogP contribution is -2.21. The van der Waals surface area contributed by atoms with Crippen LogP contribution in [0.2, 0.25) is 10.0 Å². The van der Waals surface area contributed by atoms with Crippen molar-refractivity contribution < 1.29 is 14.3 Å². The molecule has 2 rings (SSSR count). The average Bonchev–Trinajstić information content (AvgIpc) is 2.55. The van der Waals surface area contributed by atoms with Crippen LogP contribution in [0.5, 0.6) is 0 Å². The third-order valence-electron chi connectivity index (χ3n) is 3.03. The number of hydrogen-bond acceptors (Lipinski definition) is 3. The van der Waals surface area contributed by atoms with Gasteiger partial charge in [0.25, 0.3) is 5.91 Å². The van der Waals surface area contributed by atoms with Crippen LogP contribution in [0.4, 0.5) is 5.69 Å². The number of carbonyl (C=O) groups excluding carboxylic acids is 2. The van der Waals surface area contributed by atoms with Crippen LogP contribution >= 0.6 is 23.2 Å².